The summed E-state index contributed by atoms with van der Waals surface area (Å²) in [5, 5.41) is 16.6. The predicted octanol–water partition coefficient (Wildman–Crippen LogP) is -1.44. The Kier molecular flexibility index (Phi) is 11.4. The van der Waals surface area contributed by atoms with Crippen molar-refractivity contribution >= 4 is 42.2 Å². The summed E-state index contributed by atoms with van der Waals surface area (Å²) in [6.45, 7) is 3.48. The maximum Gasteiger partial charge on any atom is 0.326 e. The van der Waals surface area contributed by atoms with Gasteiger partial charge in [0.15, 0.2) is 0 Å². The zero-order valence-corrected chi connectivity index (χ0v) is 19.4. The van der Waals surface area contributed by atoms with Gasteiger partial charge in [0, 0.05) is 12.2 Å². The van der Waals surface area contributed by atoms with Gasteiger partial charge in [0.05, 0.1) is 12.5 Å². The summed E-state index contributed by atoms with van der Waals surface area (Å²) < 4.78 is 0. The molecule has 0 saturated carbocycles. The first kappa shape index (κ1) is 27.9. The Balaban J connectivity index is 2.92. The molecule has 4 unspecified atom stereocenters. The van der Waals surface area contributed by atoms with E-state index in [2.05, 4.69) is 28.6 Å². The van der Waals surface area contributed by atoms with Crippen LogP contribution < -0.4 is 27.4 Å². The smallest absolute Gasteiger partial charge is 0.326 e. The second-order valence-electron chi connectivity index (χ2n) is 7.83. The van der Waals surface area contributed by atoms with Gasteiger partial charge in [-0.25, -0.2) is 4.79 Å². The molecule has 4 atom stereocenters. The molecule has 1 aromatic carbocycles. The molecule has 0 aliphatic heterocycles. The van der Waals surface area contributed by atoms with Crippen LogP contribution in [0.1, 0.15) is 25.8 Å². The maximum atomic E-state index is 12.7. The molecule has 33 heavy (non-hydrogen) atoms. The number of benzene rings is 1. The molecule has 182 valence electrons. The normalized spacial score (nSPS) is 14.5. The number of carboxylic acid groups (broad SMARTS) is 1. The molecule has 0 aromatic heterocycles. The SMILES string of the molecule is CC(C)C(N)C(=O)NC(CS)C(=O)NC(CC(N)=O)C(=O)NC(Cc1ccccc1)C(=O)O. The number of aliphatic carboxylic acids is 1. The van der Waals surface area contributed by atoms with E-state index in [-0.39, 0.29) is 18.1 Å². The average molecular weight is 482 g/mol. The molecule has 1 aromatic rings. The minimum atomic E-state index is -1.45. The van der Waals surface area contributed by atoms with Crippen molar-refractivity contribution < 1.29 is 29.1 Å². The van der Waals surface area contributed by atoms with Crippen LogP contribution in [0.5, 0.6) is 0 Å². The number of carboxylic acids is 1. The summed E-state index contributed by atoms with van der Waals surface area (Å²) in [6.07, 6.45) is -0.588. The third-order valence-corrected chi connectivity index (χ3v) is 5.14. The molecule has 8 N–H and O–H groups in total. The molecule has 1 rings (SSSR count). The van der Waals surface area contributed by atoms with Crippen molar-refractivity contribution in [3.05, 3.63) is 35.9 Å². The topological polar surface area (TPSA) is 194 Å². The molecule has 0 fully saturated rings. The number of hydrogen-bond donors (Lipinski definition) is 7. The van der Waals surface area contributed by atoms with Gasteiger partial charge in [-0.3, -0.25) is 19.2 Å². The molecule has 11 nitrogen and oxygen atoms in total. The molecular formula is C21H31N5O6S. The largest absolute Gasteiger partial charge is 0.480 e. The molecule has 0 saturated heterocycles. The molecule has 0 aliphatic rings. The maximum absolute atomic E-state index is 12.7. The fraction of sp³-hybridized carbons (Fsp3) is 0.476. The van der Waals surface area contributed by atoms with E-state index < -0.39 is 60.2 Å². The first-order valence-corrected chi connectivity index (χ1v) is 10.9. The number of primary amides is 1. The highest BCUT2D eigenvalue weighted by Gasteiger charge is 2.31. The second-order valence-corrected chi connectivity index (χ2v) is 8.20. The van der Waals surface area contributed by atoms with Crippen molar-refractivity contribution in [3.63, 3.8) is 0 Å². The van der Waals surface area contributed by atoms with E-state index in [1.807, 2.05) is 0 Å². The Bertz CT molecular complexity index is 851. The van der Waals surface area contributed by atoms with Gasteiger partial charge in [0.2, 0.25) is 23.6 Å². The zero-order chi connectivity index (χ0) is 25.1. The minimum absolute atomic E-state index is 0.0123. The van der Waals surface area contributed by atoms with E-state index in [4.69, 9.17) is 11.5 Å². The van der Waals surface area contributed by atoms with E-state index in [0.717, 1.165) is 0 Å². The third-order valence-electron chi connectivity index (χ3n) is 4.77. The van der Waals surface area contributed by atoms with Gasteiger partial charge >= 0.3 is 5.97 Å². The second kappa shape index (κ2) is 13.4. The van der Waals surface area contributed by atoms with Crippen LogP contribution in [0, 0.1) is 5.92 Å². The van der Waals surface area contributed by atoms with Crippen LogP contribution in [0.25, 0.3) is 0 Å². The number of thiol groups is 1. The van der Waals surface area contributed by atoms with Crippen molar-refractivity contribution in [2.24, 2.45) is 17.4 Å². The summed E-state index contributed by atoms with van der Waals surface area (Å²) in [5.74, 6) is -4.76. The van der Waals surface area contributed by atoms with Crippen LogP contribution in [-0.4, -0.2) is 64.6 Å². The van der Waals surface area contributed by atoms with Crippen molar-refractivity contribution in [2.75, 3.05) is 5.75 Å². The van der Waals surface area contributed by atoms with E-state index in [0.29, 0.717) is 5.56 Å². The summed E-state index contributed by atoms with van der Waals surface area (Å²) in [7, 11) is 0. The molecule has 0 radical (unpaired) electrons. The highest BCUT2D eigenvalue weighted by molar-refractivity contribution is 7.80. The fourth-order valence-electron chi connectivity index (χ4n) is 2.77. The molecular weight excluding hydrogens is 450 g/mol. The fourth-order valence-corrected chi connectivity index (χ4v) is 3.03. The number of amides is 4. The lowest BCUT2D eigenvalue weighted by Crippen LogP contribution is -2.58. The quantitative estimate of drug-likeness (QED) is 0.168. The van der Waals surface area contributed by atoms with Crippen molar-refractivity contribution in [1.82, 2.24) is 16.0 Å². The van der Waals surface area contributed by atoms with Gasteiger partial charge in [0.25, 0.3) is 0 Å². The summed E-state index contributed by atoms with van der Waals surface area (Å²) in [4.78, 5) is 60.7. The number of hydrogen-bond acceptors (Lipinski definition) is 7. The lowest BCUT2D eigenvalue weighted by atomic mass is 10.0. The van der Waals surface area contributed by atoms with Gasteiger partial charge < -0.3 is 32.5 Å². The lowest BCUT2D eigenvalue weighted by molar-refractivity contribution is -0.142. The van der Waals surface area contributed by atoms with E-state index in [1.165, 1.54) is 0 Å². The van der Waals surface area contributed by atoms with Crippen molar-refractivity contribution in [3.8, 4) is 0 Å². The Morgan fingerprint density at radius 2 is 1.42 bits per heavy atom. The molecule has 12 heteroatoms. The Morgan fingerprint density at radius 3 is 1.91 bits per heavy atom. The molecule has 0 heterocycles. The van der Waals surface area contributed by atoms with Crippen LogP contribution >= 0.6 is 12.6 Å². The highest BCUT2D eigenvalue weighted by Crippen LogP contribution is 2.05. The van der Waals surface area contributed by atoms with Crippen molar-refractivity contribution in [2.45, 2.75) is 50.9 Å². The lowest BCUT2D eigenvalue weighted by Gasteiger charge is -2.24. The highest BCUT2D eigenvalue weighted by atomic mass is 32.1. The Labute approximate surface area is 197 Å². The van der Waals surface area contributed by atoms with Crippen molar-refractivity contribution in [1.29, 1.82) is 0 Å². The molecule has 0 aliphatic carbocycles. The van der Waals surface area contributed by atoms with Crippen LogP contribution in [0.4, 0.5) is 0 Å². The number of nitrogens with two attached hydrogens (primary N) is 2. The third kappa shape index (κ3) is 9.49. The number of carbonyl (C=O) groups excluding carboxylic acids is 4. The summed E-state index contributed by atoms with van der Waals surface area (Å²) in [5.41, 5.74) is 11.6. The number of nitrogens with one attached hydrogen (secondary N) is 3. The van der Waals surface area contributed by atoms with Gasteiger partial charge in [-0.1, -0.05) is 44.2 Å². The zero-order valence-electron chi connectivity index (χ0n) is 18.5. The minimum Gasteiger partial charge on any atom is -0.480 e. The number of carbonyl (C=O) groups is 5. The molecule has 0 bridgehead atoms. The summed E-state index contributed by atoms with van der Waals surface area (Å²) in [6, 6.07) is 3.85. The van der Waals surface area contributed by atoms with Crippen LogP contribution in [0.15, 0.2) is 30.3 Å². The molecule has 4 amide bonds. The van der Waals surface area contributed by atoms with E-state index in [1.54, 1.807) is 44.2 Å². The Hall–Kier alpha value is -3.12. The van der Waals surface area contributed by atoms with E-state index in [9.17, 15) is 29.1 Å². The van der Waals surface area contributed by atoms with E-state index >= 15 is 0 Å². The monoisotopic (exact) mass is 481 g/mol. The first-order valence-electron chi connectivity index (χ1n) is 10.3. The van der Waals surface area contributed by atoms with Crippen LogP contribution in [0.3, 0.4) is 0 Å². The average Bonchev–Trinajstić information content (AvgIpc) is 2.75. The van der Waals surface area contributed by atoms with Gasteiger partial charge in [-0.05, 0) is 11.5 Å². The standard InChI is InChI=1S/C21H31N5O6S/c1-11(2)17(23)20(30)26-15(10-33)19(29)24-13(9-16(22)27)18(28)25-14(21(31)32)8-12-6-4-3-5-7-12/h3-7,11,13-15,17,33H,8-10,23H2,1-2H3,(H2,22,27)(H,24,29)(H,25,28)(H,26,30)(H,31,32). The van der Waals surface area contributed by atoms with Crippen LogP contribution in [-0.2, 0) is 30.4 Å². The van der Waals surface area contributed by atoms with Gasteiger partial charge in [-0.15, -0.1) is 0 Å². The Morgan fingerprint density at radius 1 is 0.909 bits per heavy atom. The first-order chi connectivity index (χ1) is 15.5. The summed E-state index contributed by atoms with van der Waals surface area (Å²) >= 11 is 4.05. The van der Waals surface area contributed by atoms with Gasteiger partial charge in [-0.2, -0.15) is 12.6 Å². The predicted molar refractivity (Wildman–Crippen MR) is 124 cm³/mol. The number of rotatable bonds is 13. The molecule has 0 spiro atoms. The van der Waals surface area contributed by atoms with Gasteiger partial charge in [0.1, 0.15) is 18.1 Å². The van der Waals surface area contributed by atoms with Crippen LogP contribution in [0.2, 0.25) is 0 Å².